The predicted molar refractivity (Wildman–Crippen MR) is 122 cm³/mol. The number of aryl methyl sites for hydroxylation is 2. The van der Waals surface area contributed by atoms with Crippen molar-refractivity contribution in [1.82, 2.24) is 9.38 Å². The molecule has 150 valence electrons. The molecule has 1 aliphatic heterocycles. The molecule has 0 fully saturated rings. The first-order valence-electron chi connectivity index (χ1n) is 10.2. The van der Waals surface area contributed by atoms with Crippen molar-refractivity contribution in [3.63, 3.8) is 0 Å². The number of rotatable bonds is 4. The smallest absolute Gasteiger partial charge is 0.258 e. The molecule has 0 N–H and O–H groups in total. The summed E-state index contributed by atoms with van der Waals surface area (Å²) in [7, 11) is 0. The molecule has 0 spiro atoms. The first-order chi connectivity index (χ1) is 14.7. The largest absolute Gasteiger partial charge is 0.308 e. The van der Waals surface area contributed by atoms with Crippen molar-refractivity contribution in [3.8, 4) is 0 Å². The summed E-state index contributed by atoms with van der Waals surface area (Å²) in [6, 6.07) is 20.3. The zero-order chi connectivity index (χ0) is 20.5. The van der Waals surface area contributed by atoms with E-state index in [1.54, 1.807) is 11.8 Å². The third-order valence-electron chi connectivity index (χ3n) is 5.50. The van der Waals surface area contributed by atoms with Crippen LogP contribution in [-0.2, 0) is 12.2 Å². The zero-order valence-electron chi connectivity index (χ0n) is 16.9. The fraction of sp³-hybridized carbons (Fsp3) is 0.200. The SMILES string of the molecule is Cc1ccc2c(c1)CCCN2C(=O)c1ccc(SCc2cn3ccccc3n2)cc1. The average Bonchev–Trinajstić information content (AvgIpc) is 3.20. The van der Waals surface area contributed by atoms with Gasteiger partial charge in [0.15, 0.2) is 0 Å². The van der Waals surface area contributed by atoms with Crippen LogP contribution in [-0.4, -0.2) is 21.8 Å². The van der Waals surface area contributed by atoms with Crippen LogP contribution in [0.3, 0.4) is 0 Å². The van der Waals surface area contributed by atoms with Gasteiger partial charge in [-0.25, -0.2) is 4.98 Å². The molecule has 1 amide bonds. The molecule has 0 atom stereocenters. The molecule has 0 saturated carbocycles. The van der Waals surface area contributed by atoms with Crippen LogP contribution in [0.15, 0.2) is 78.0 Å². The highest BCUT2D eigenvalue weighted by molar-refractivity contribution is 7.98. The summed E-state index contributed by atoms with van der Waals surface area (Å²) in [5.74, 6) is 0.880. The lowest BCUT2D eigenvalue weighted by Crippen LogP contribution is -2.35. The molecule has 2 aromatic heterocycles. The van der Waals surface area contributed by atoms with Crippen molar-refractivity contribution in [2.24, 2.45) is 0 Å². The minimum Gasteiger partial charge on any atom is -0.308 e. The van der Waals surface area contributed by atoms with E-state index >= 15 is 0 Å². The molecule has 0 unspecified atom stereocenters. The van der Waals surface area contributed by atoms with Gasteiger partial charge < -0.3 is 9.30 Å². The monoisotopic (exact) mass is 413 g/mol. The van der Waals surface area contributed by atoms with Gasteiger partial charge in [-0.15, -0.1) is 11.8 Å². The van der Waals surface area contributed by atoms with E-state index in [9.17, 15) is 4.79 Å². The van der Waals surface area contributed by atoms with Gasteiger partial charge in [-0.2, -0.15) is 0 Å². The molecule has 30 heavy (non-hydrogen) atoms. The average molecular weight is 414 g/mol. The number of anilines is 1. The van der Waals surface area contributed by atoms with Gasteiger partial charge in [-0.05, 0) is 67.8 Å². The maximum Gasteiger partial charge on any atom is 0.258 e. The fourth-order valence-electron chi connectivity index (χ4n) is 4.00. The first kappa shape index (κ1) is 18.9. The van der Waals surface area contributed by atoms with Crippen LogP contribution in [0, 0.1) is 6.92 Å². The van der Waals surface area contributed by atoms with Crippen molar-refractivity contribution in [3.05, 3.63) is 95.4 Å². The number of aromatic nitrogens is 2. The van der Waals surface area contributed by atoms with Crippen LogP contribution in [0.1, 0.15) is 33.6 Å². The number of amides is 1. The molecular formula is C25H23N3OS. The van der Waals surface area contributed by atoms with Crippen LogP contribution in [0.25, 0.3) is 5.65 Å². The van der Waals surface area contributed by atoms with E-state index in [2.05, 4.69) is 36.3 Å². The first-order valence-corrected chi connectivity index (χ1v) is 11.2. The van der Waals surface area contributed by atoms with E-state index in [0.717, 1.165) is 52.6 Å². The molecule has 4 nitrogen and oxygen atoms in total. The lowest BCUT2D eigenvalue weighted by molar-refractivity contribution is 0.0985. The number of thioether (sulfide) groups is 1. The lowest BCUT2D eigenvalue weighted by Gasteiger charge is -2.30. The number of hydrogen-bond acceptors (Lipinski definition) is 3. The van der Waals surface area contributed by atoms with Crippen molar-refractivity contribution in [2.75, 3.05) is 11.4 Å². The molecule has 0 aliphatic carbocycles. The Hall–Kier alpha value is -3.05. The van der Waals surface area contributed by atoms with Gasteiger partial charge >= 0.3 is 0 Å². The normalized spacial score (nSPS) is 13.4. The van der Waals surface area contributed by atoms with E-state index in [-0.39, 0.29) is 5.91 Å². The number of pyridine rings is 1. The van der Waals surface area contributed by atoms with Crippen molar-refractivity contribution in [1.29, 1.82) is 0 Å². The number of nitrogens with zero attached hydrogens (tertiary/aromatic N) is 3. The van der Waals surface area contributed by atoms with Crippen LogP contribution in [0.4, 0.5) is 5.69 Å². The summed E-state index contributed by atoms with van der Waals surface area (Å²) in [5, 5.41) is 0. The Morgan fingerprint density at radius 3 is 2.80 bits per heavy atom. The number of imidazole rings is 1. The third-order valence-corrected chi connectivity index (χ3v) is 6.55. The Morgan fingerprint density at radius 1 is 1.10 bits per heavy atom. The van der Waals surface area contributed by atoms with E-state index in [0.29, 0.717) is 0 Å². The van der Waals surface area contributed by atoms with E-state index in [1.165, 1.54) is 11.1 Å². The highest BCUT2D eigenvalue weighted by Gasteiger charge is 2.23. The number of hydrogen-bond donors (Lipinski definition) is 0. The van der Waals surface area contributed by atoms with Crippen molar-refractivity contribution < 1.29 is 4.79 Å². The minimum atomic E-state index is 0.0803. The fourth-order valence-corrected chi connectivity index (χ4v) is 4.78. The number of benzene rings is 2. The third kappa shape index (κ3) is 3.73. The maximum atomic E-state index is 13.1. The molecule has 5 heteroatoms. The Labute approximate surface area is 180 Å². The molecule has 0 radical (unpaired) electrons. The summed E-state index contributed by atoms with van der Waals surface area (Å²) in [5.41, 5.74) is 6.32. The van der Waals surface area contributed by atoms with Gasteiger partial charge in [-0.3, -0.25) is 4.79 Å². The van der Waals surface area contributed by atoms with Gasteiger partial charge in [0.25, 0.3) is 5.91 Å². The quantitative estimate of drug-likeness (QED) is 0.413. The lowest BCUT2D eigenvalue weighted by atomic mass is 9.99. The van der Waals surface area contributed by atoms with Crippen LogP contribution < -0.4 is 4.90 Å². The Balaban J connectivity index is 1.28. The Bertz CT molecular complexity index is 1180. The van der Waals surface area contributed by atoms with Crippen LogP contribution in [0.5, 0.6) is 0 Å². The van der Waals surface area contributed by atoms with Gasteiger partial charge in [0.2, 0.25) is 0 Å². The molecule has 2 aromatic carbocycles. The molecule has 4 aromatic rings. The predicted octanol–water partition coefficient (Wildman–Crippen LogP) is 5.53. The van der Waals surface area contributed by atoms with E-state index < -0.39 is 0 Å². The summed E-state index contributed by atoms with van der Waals surface area (Å²) < 4.78 is 2.04. The van der Waals surface area contributed by atoms with Crippen LogP contribution in [0.2, 0.25) is 0 Å². The summed E-state index contributed by atoms with van der Waals surface area (Å²) in [6.07, 6.45) is 6.13. The van der Waals surface area contributed by atoms with E-state index in [1.807, 2.05) is 58.0 Å². The minimum absolute atomic E-state index is 0.0803. The second-order valence-electron chi connectivity index (χ2n) is 7.70. The zero-order valence-corrected chi connectivity index (χ0v) is 17.7. The Kier molecular flexibility index (Phi) is 5.05. The topological polar surface area (TPSA) is 37.6 Å². The number of fused-ring (bicyclic) bond motifs is 2. The summed E-state index contributed by atoms with van der Waals surface area (Å²) in [6.45, 7) is 2.88. The highest BCUT2D eigenvalue weighted by atomic mass is 32.2. The van der Waals surface area contributed by atoms with Crippen molar-refractivity contribution in [2.45, 2.75) is 30.4 Å². The van der Waals surface area contributed by atoms with Gasteiger partial charge in [-0.1, -0.05) is 23.8 Å². The number of carbonyl (C=O) groups is 1. The second kappa shape index (κ2) is 8.00. The van der Waals surface area contributed by atoms with Crippen LogP contribution >= 0.6 is 11.8 Å². The van der Waals surface area contributed by atoms with Gasteiger partial charge in [0, 0.05) is 40.8 Å². The van der Waals surface area contributed by atoms with Gasteiger partial charge in [0.05, 0.1) is 5.69 Å². The highest BCUT2D eigenvalue weighted by Crippen LogP contribution is 2.30. The molecule has 5 rings (SSSR count). The second-order valence-corrected chi connectivity index (χ2v) is 8.75. The summed E-state index contributed by atoms with van der Waals surface area (Å²) >= 11 is 1.73. The molecule has 3 heterocycles. The Morgan fingerprint density at radius 2 is 1.97 bits per heavy atom. The standard InChI is InChI=1S/C25H23N3OS/c1-18-7-12-23-20(15-18)5-4-14-28(23)25(29)19-8-10-22(11-9-19)30-17-21-16-27-13-3-2-6-24(27)26-21/h2-3,6-13,15-16H,4-5,14,17H2,1H3. The molecule has 1 aliphatic rings. The van der Waals surface area contributed by atoms with Crippen molar-refractivity contribution >= 4 is 29.0 Å². The molecule has 0 bridgehead atoms. The molecular weight excluding hydrogens is 390 g/mol. The molecule has 0 saturated heterocycles. The maximum absolute atomic E-state index is 13.1. The number of carbonyl (C=O) groups excluding carboxylic acids is 1. The van der Waals surface area contributed by atoms with E-state index in [4.69, 9.17) is 0 Å². The van der Waals surface area contributed by atoms with Gasteiger partial charge in [0.1, 0.15) is 5.65 Å². The summed E-state index contributed by atoms with van der Waals surface area (Å²) in [4.78, 5) is 20.9.